The minimum absolute atomic E-state index is 0.0384. The zero-order valence-electron chi connectivity index (χ0n) is 12.8. The number of hydrogen-bond acceptors (Lipinski definition) is 3. The van der Waals surface area contributed by atoms with Crippen molar-refractivity contribution in [2.45, 2.75) is 33.4 Å². The molecular weight excluding hydrogens is 264 g/mol. The summed E-state index contributed by atoms with van der Waals surface area (Å²) in [5.74, 6) is 0.717. The van der Waals surface area contributed by atoms with Crippen LogP contribution in [-0.2, 0) is 11.3 Å². The lowest BCUT2D eigenvalue weighted by molar-refractivity contribution is -0.120. The van der Waals surface area contributed by atoms with Gasteiger partial charge in [0.15, 0.2) is 0 Å². The van der Waals surface area contributed by atoms with Gasteiger partial charge in [-0.05, 0) is 44.0 Å². The topological polar surface area (TPSA) is 54.3 Å². The number of aryl methyl sites for hydroxylation is 2. The largest absolute Gasteiger partial charge is 0.467 e. The average molecular weight is 286 g/mol. The third-order valence-corrected chi connectivity index (χ3v) is 3.51. The smallest absolute Gasteiger partial charge is 0.234 e. The van der Waals surface area contributed by atoms with Crippen molar-refractivity contribution >= 4 is 5.91 Å². The highest BCUT2D eigenvalue weighted by atomic mass is 16.3. The van der Waals surface area contributed by atoms with E-state index in [1.165, 1.54) is 16.7 Å². The van der Waals surface area contributed by atoms with Crippen LogP contribution in [-0.4, -0.2) is 12.5 Å². The molecule has 0 saturated carbocycles. The fraction of sp³-hybridized carbons (Fsp3) is 0.353. The first-order chi connectivity index (χ1) is 10.1. The molecule has 0 radical (unpaired) electrons. The van der Waals surface area contributed by atoms with E-state index in [1.54, 1.807) is 6.26 Å². The van der Waals surface area contributed by atoms with Crippen LogP contribution in [0.5, 0.6) is 0 Å². The summed E-state index contributed by atoms with van der Waals surface area (Å²) in [5.41, 5.74) is 3.69. The molecule has 1 heterocycles. The molecule has 0 unspecified atom stereocenters. The zero-order valence-corrected chi connectivity index (χ0v) is 12.8. The molecular formula is C17H22N2O2. The summed E-state index contributed by atoms with van der Waals surface area (Å²) in [6.07, 6.45) is 1.60. The number of benzene rings is 1. The lowest BCUT2D eigenvalue weighted by Crippen LogP contribution is -2.34. The fourth-order valence-electron chi connectivity index (χ4n) is 2.24. The molecule has 4 nitrogen and oxygen atoms in total. The first kappa shape index (κ1) is 15.3. The molecule has 0 bridgehead atoms. The Balaban J connectivity index is 1.81. The Morgan fingerprint density at radius 2 is 2.10 bits per heavy atom. The highest BCUT2D eigenvalue weighted by Crippen LogP contribution is 2.18. The second-order valence-electron chi connectivity index (χ2n) is 5.32. The van der Waals surface area contributed by atoms with E-state index in [1.807, 2.05) is 12.1 Å². The number of nitrogens with one attached hydrogen (secondary N) is 2. The molecule has 112 valence electrons. The van der Waals surface area contributed by atoms with Crippen LogP contribution in [0.15, 0.2) is 41.0 Å². The Morgan fingerprint density at radius 1 is 1.29 bits per heavy atom. The van der Waals surface area contributed by atoms with Gasteiger partial charge in [-0.2, -0.15) is 0 Å². The van der Waals surface area contributed by atoms with E-state index >= 15 is 0 Å². The van der Waals surface area contributed by atoms with Crippen molar-refractivity contribution in [2.75, 3.05) is 6.54 Å². The van der Waals surface area contributed by atoms with Crippen molar-refractivity contribution in [1.82, 2.24) is 10.6 Å². The summed E-state index contributed by atoms with van der Waals surface area (Å²) in [7, 11) is 0. The quantitative estimate of drug-likeness (QED) is 0.858. The van der Waals surface area contributed by atoms with Gasteiger partial charge in [-0.25, -0.2) is 0 Å². The number of carbonyl (C=O) groups excluding carboxylic acids is 1. The van der Waals surface area contributed by atoms with E-state index in [0.717, 1.165) is 5.76 Å². The molecule has 0 saturated heterocycles. The summed E-state index contributed by atoms with van der Waals surface area (Å²) in [4.78, 5) is 11.8. The van der Waals surface area contributed by atoms with Gasteiger partial charge in [0, 0.05) is 6.04 Å². The zero-order chi connectivity index (χ0) is 15.2. The number of amides is 1. The molecule has 1 aromatic carbocycles. The van der Waals surface area contributed by atoms with Crippen LogP contribution in [0.1, 0.15) is 35.4 Å². The molecule has 2 N–H and O–H groups in total. The minimum atomic E-state index is -0.0384. The van der Waals surface area contributed by atoms with Gasteiger partial charge in [0.05, 0.1) is 19.4 Å². The van der Waals surface area contributed by atoms with E-state index < -0.39 is 0 Å². The van der Waals surface area contributed by atoms with Crippen molar-refractivity contribution in [2.24, 2.45) is 0 Å². The number of furan rings is 1. The van der Waals surface area contributed by atoms with Gasteiger partial charge in [-0.3, -0.25) is 4.79 Å². The van der Waals surface area contributed by atoms with Gasteiger partial charge in [-0.15, -0.1) is 0 Å². The maximum absolute atomic E-state index is 11.8. The van der Waals surface area contributed by atoms with E-state index in [4.69, 9.17) is 4.42 Å². The Hall–Kier alpha value is -2.07. The molecule has 21 heavy (non-hydrogen) atoms. The van der Waals surface area contributed by atoms with E-state index in [-0.39, 0.29) is 18.5 Å². The summed E-state index contributed by atoms with van der Waals surface area (Å²) in [5, 5.41) is 6.08. The van der Waals surface area contributed by atoms with Gasteiger partial charge in [0.2, 0.25) is 5.91 Å². The monoisotopic (exact) mass is 286 g/mol. The first-order valence-corrected chi connectivity index (χ1v) is 7.16. The van der Waals surface area contributed by atoms with E-state index in [2.05, 4.69) is 49.6 Å². The molecule has 0 aliphatic carbocycles. The lowest BCUT2D eigenvalue weighted by atomic mass is 10.00. The van der Waals surface area contributed by atoms with E-state index in [9.17, 15) is 4.79 Å². The molecule has 0 spiro atoms. The average Bonchev–Trinajstić information content (AvgIpc) is 2.98. The summed E-state index contributed by atoms with van der Waals surface area (Å²) < 4.78 is 5.17. The molecule has 0 aliphatic heterocycles. The van der Waals surface area contributed by atoms with Gasteiger partial charge < -0.3 is 15.1 Å². The van der Waals surface area contributed by atoms with Gasteiger partial charge in [-0.1, -0.05) is 23.8 Å². The Labute approximate surface area is 125 Å². The third kappa shape index (κ3) is 4.46. The summed E-state index contributed by atoms with van der Waals surface area (Å²) >= 11 is 0. The Bertz CT molecular complexity index is 591. The summed E-state index contributed by atoms with van der Waals surface area (Å²) in [6.45, 7) is 6.94. The number of hydrogen-bond donors (Lipinski definition) is 2. The van der Waals surface area contributed by atoms with Crippen molar-refractivity contribution in [3.05, 3.63) is 59.0 Å². The van der Waals surface area contributed by atoms with Crippen molar-refractivity contribution in [3.63, 3.8) is 0 Å². The molecule has 1 aromatic heterocycles. The molecule has 4 heteroatoms. The lowest BCUT2D eigenvalue weighted by Gasteiger charge is -2.17. The molecule has 2 rings (SSSR count). The van der Waals surface area contributed by atoms with Crippen molar-refractivity contribution in [3.8, 4) is 0 Å². The molecule has 0 fully saturated rings. The molecule has 1 amide bonds. The van der Waals surface area contributed by atoms with Crippen LogP contribution in [0.3, 0.4) is 0 Å². The first-order valence-electron chi connectivity index (χ1n) is 7.16. The highest BCUT2D eigenvalue weighted by molar-refractivity contribution is 5.77. The van der Waals surface area contributed by atoms with E-state index in [0.29, 0.717) is 6.54 Å². The summed E-state index contributed by atoms with van der Waals surface area (Å²) in [6, 6.07) is 10.2. The second kappa shape index (κ2) is 7.09. The van der Waals surface area contributed by atoms with Gasteiger partial charge >= 0.3 is 0 Å². The standard InChI is InChI=1S/C17H22N2O2/c1-12-6-7-13(2)16(9-12)14(3)18-11-17(20)19-10-15-5-4-8-21-15/h4-9,14,18H,10-11H2,1-3H3,(H,19,20)/t14-/m0/s1. The maximum atomic E-state index is 11.8. The SMILES string of the molecule is Cc1ccc(C)c([C@H](C)NCC(=O)NCc2ccco2)c1. The normalized spacial score (nSPS) is 12.1. The molecule has 2 aromatic rings. The Morgan fingerprint density at radius 3 is 2.81 bits per heavy atom. The van der Waals surface area contributed by atoms with Crippen LogP contribution < -0.4 is 10.6 Å². The molecule has 0 aliphatic rings. The second-order valence-corrected chi connectivity index (χ2v) is 5.32. The predicted octanol–water partition coefficient (Wildman–Crippen LogP) is 2.86. The predicted molar refractivity (Wildman–Crippen MR) is 82.9 cm³/mol. The minimum Gasteiger partial charge on any atom is -0.467 e. The maximum Gasteiger partial charge on any atom is 0.234 e. The van der Waals surface area contributed by atoms with Crippen LogP contribution in [0, 0.1) is 13.8 Å². The third-order valence-electron chi connectivity index (χ3n) is 3.51. The van der Waals surface area contributed by atoms with Crippen LogP contribution in [0.4, 0.5) is 0 Å². The van der Waals surface area contributed by atoms with Crippen LogP contribution >= 0.6 is 0 Å². The molecule has 1 atom stereocenters. The highest BCUT2D eigenvalue weighted by Gasteiger charge is 2.10. The Kier molecular flexibility index (Phi) is 5.17. The fourth-order valence-corrected chi connectivity index (χ4v) is 2.24. The van der Waals surface area contributed by atoms with Crippen molar-refractivity contribution < 1.29 is 9.21 Å². The van der Waals surface area contributed by atoms with Gasteiger partial charge in [0.25, 0.3) is 0 Å². The van der Waals surface area contributed by atoms with Gasteiger partial charge in [0.1, 0.15) is 5.76 Å². The van der Waals surface area contributed by atoms with Crippen LogP contribution in [0.25, 0.3) is 0 Å². The van der Waals surface area contributed by atoms with Crippen LogP contribution in [0.2, 0.25) is 0 Å². The number of carbonyl (C=O) groups is 1. The van der Waals surface area contributed by atoms with Crippen molar-refractivity contribution in [1.29, 1.82) is 0 Å². The number of rotatable bonds is 6.